The first kappa shape index (κ1) is 19.4. The third-order valence-corrected chi connectivity index (χ3v) is 4.47. The van der Waals surface area contributed by atoms with E-state index in [0.717, 1.165) is 32.7 Å². The highest BCUT2D eigenvalue weighted by molar-refractivity contribution is 5.94. The molecule has 2 N–H and O–H groups in total. The Morgan fingerprint density at radius 1 is 1.32 bits per heavy atom. The Hall–Kier alpha value is -1.92. The minimum absolute atomic E-state index is 0.0174. The molecular formula is C19H29N3O3. The number of likely N-dealkylation sites (tertiary alicyclic amines) is 1. The molecule has 0 saturated carbocycles. The first-order chi connectivity index (χ1) is 12.1. The maximum atomic E-state index is 12.1. The summed E-state index contributed by atoms with van der Waals surface area (Å²) in [6.45, 7) is 6.31. The maximum absolute atomic E-state index is 12.1. The van der Waals surface area contributed by atoms with Crippen LogP contribution in [0.5, 0.6) is 0 Å². The lowest BCUT2D eigenvalue weighted by Gasteiger charge is -2.17. The lowest BCUT2D eigenvalue weighted by atomic mass is 10.1. The van der Waals surface area contributed by atoms with Gasteiger partial charge < -0.3 is 20.3 Å². The second-order valence-electron chi connectivity index (χ2n) is 6.70. The van der Waals surface area contributed by atoms with E-state index in [1.165, 1.54) is 0 Å². The summed E-state index contributed by atoms with van der Waals surface area (Å²) in [6.07, 6.45) is 1.39. The van der Waals surface area contributed by atoms with Crippen LogP contribution in [0.4, 0.5) is 0 Å². The molecule has 0 radical (unpaired) electrons. The van der Waals surface area contributed by atoms with Gasteiger partial charge in [-0.15, -0.1) is 0 Å². The van der Waals surface area contributed by atoms with E-state index in [0.29, 0.717) is 24.4 Å². The number of nitrogens with one attached hydrogen (secondary N) is 2. The van der Waals surface area contributed by atoms with Gasteiger partial charge in [-0.05, 0) is 37.9 Å². The van der Waals surface area contributed by atoms with Gasteiger partial charge in [0, 0.05) is 44.8 Å². The molecule has 2 atom stereocenters. The highest BCUT2D eigenvalue weighted by Crippen LogP contribution is 2.14. The molecule has 2 rings (SSSR count). The van der Waals surface area contributed by atoms with Gasteiger partial charge in [-0.3, -0.25) is 9.59 Å². The maximum Gasteiger partial charge on any atom is 0.251 e. The van der Waals surface area contributed by atoms with Gasteiger partial charge in [0.15, 0.2) is 0 Å². The van der Waals surface area contributed by atoms with Crippen LogP contribution in [-0.4, -0.2) is 62.7 Å². The minimum atomic E-state index is -0.200. The van der Waals surface area contributed by atoms with Crippen LogP contribution in [0.15, 0.2) is 30.3 Å². The molecule has 0 spiro atoms. The van der Waals surface area contributed by atoms with Crippen LogP contribution >= 0.6 is 0 Å². The average molecular weight is 347 g/mol. The average Bonchev–Trinajstić information content (AvgIpc) is 3.06. The van der Waals surface area contributed by atoms with Gasteiger partial charge in [0.2, 0.25) is 5.91 Å². The van der Waals surface area contributed by atoms with Crippen molar-refractivity contribution < 1.29 is 14.3 Å². The van der Waals surface area contributed by atoms with Crippen molar-refractivity contribution in [2.75, 3.05) is 39.9 Å². The first-order valence-corrected chi connectivity index (χ1v) is 8.92. The molecule has 1 saturated heterocycles. The van der Waals surface area contributed by atoms with Gasteiger partial charge >= 0.3 is 0 Å². The van der Waals surface area contributed by atoms with Crippen molar-refractivity contribution >= 4 is 11.8 Å². The van der Waals surface area contributed by atoms with Crippen molar-refractivity contribution in [1.82, 2.24) is 15.5 Å². The zero-order valence-electron chi connectivity index (χ0n) is 15.2. The van der Waals surface area contributed by atoms with E-state index in [4.69, 9.17) is 4.74 Å². The Kier molecular flexibility index (Phi) is 7.88. The topological polar surface area (TPSA) is 70.7 Å². The molecule has 6 nitrogen and oxygen atoms in total. The quantitative estimate of drug-likeness (QED) is 0.706. The zero-order valence-corrected chi connectivity index (χ0v) is 15.2. The van der Waals surface area contributed by atoms with Crippen LogP contribution in [0, 0.1) is 5.92 Å². The molecule has 1 aromatic carbocycles. The van der Waals surface area contributed by atoms with Gasteiger partial charge in [-0.25, -0.2) is 0 Å². The summed E-state index contributed by atoms with van der Waals surface area (Å²) in [7, 11) is 1.71. The molecule has 138 valence electrons. The molecule has 0 bridgehead atoms. The van der Waals surface area contributed by atoms with Crippen LogP contribution in [0.3, 0.4) is 0 Å². The summed E-state index contributed by atoms with van der Waals surface area (Å²) in [5.41, 5.74) is 0.608. The van der Waals surface area contributed by atoms with Crippen molar-refractivity contribution in [2.24, 2.45) is 5.92 Å². The lowest BCUT2D eigenvalue weighted by Crippen LogP contribution is -2.38. The fourth-order valence-corrected chi connectivity index (χ4v) is 3.06. The molecule has 25 heavy (non-hydrogen) atoms. The predicted molar refractivity (Wildman–Crippen MR) is 97.4 cm³/mol. The van der Waals surface area contributed by atoms with E-state index in [-0.39, 0.29) is 17.9 Å². The molecule has 0 aliphatic carbocycles. The fourth-order valence-electron chi connectivity index (χ4n) is 3.06. The second-order valence-corrected chi connectivity index (χ2v) is 6.70. The molecule has 1 aliphatic heterocycles. The Labute approximate surface area is 149 Å². The van der Waals surface area contributed by atoms with Crippen LogP contribution in [0.2, 0.25) is 0 Å². The van der Waals surface area contributed by atoms with Crippen LogP contribution in [-0.2, 0) is 9.53 Å². The van der Waals surface area contributed by atoms with E-state index in [1.807, 2.05) is 25.1 Å². The van der Waals surface area contributed by atoms with Crippen molar-refractivity contribution in [1.29, 1.82) is 0 Å². The van der Waals surface area contributed by atoms with Gasteiger partial charge in [-0.2, -0.15) is 0 Å². The first-order valence-electron chi connectivity index (χ1n) is 8.92. The number of benzene rings is 1. The molecule has 0 aromatic heterocycles. The summed E-state index contributed by atoms with van der Waals surface area (Å²) < 4.78 is 5.10. The van der Waals surface area contributed by atoms with E-state index in [9.17, 15) is 9.59 Å². The third kappa shape index (κ3) is 6.84. The minimum Gasteiger partial charge on any atom is -0.383 e. The molecule has 1 fully saturated rings. The number of ether oxygens (including phenoxy) is 1. The Morgan fingerprint density at radius 3 is 2.80 bits per heavy atom. The molecule has 1 heterocycles. The summed E-state index contributed by atoms with van der Waals surface area (Å²) in [5.74, 6) is 0.330. The Bertz CT molecular complexity index is 550. The molecule has 1 aromatic rings. The second kappa shape index (κ2) is 10.2. The monoisotopic (exact) mass is 347 g/mol. The van der Waals surface area contributed by atoms with Gasteiger partial charge in [0.25, 0.3) is 5.91 Å². The van der Waals surface area contributed by atoms with E-state index >= 15 is 0 Å². The molecule has 0 unspecified atom stereocenters. The largest absolute Gasteiger partial charge is 0.383 e. The van der Waals surface area contributed by atoms with Crippen LogP contribution < -0.4 is 10.6 Å². The summed E-state index contributed by atoms with van der Waals surface area (Å²) in [5, 5.41) is 5.86. The van der Waals surface area contributed by atoms with E-state index in [1.54, 1.807) is 19.2 Å². The normalized spacial score (nSPS) is 18.7. The number of rotatable bonds is 9. The number of hydrogen-bond acceptors (Lipinski definition) is 4. The highest BCUT2D eigenvalue weighted by atomic mass is 16.5. The smallest absolute Gasteiger partial charge is 0.251 e. The zero-order chi connectivity index (χ0) is 18.1. The molecule has 1 aliphatic rings. The Balaban J connectivity index is 1.64. The number of methoxy groups -OCH3 is 1. The summed E-state index contributed by atoms with van der Waals surface area (Å²) in [6, 6.07) is 8.84. The van der Waals surface area contributed by atoms with Gasteiger partial charge in [0.05, 0.1) is 6.61 Å². The summed E-state index contributed by atoms with van der Waals surface area (Å²) in [4.78, 5) is 26.5. The SMILES string of the molecule is COCCN1CC[C@@H](CNC(=O)C[C@@H](C)NC(=O)c2ccccc2)C1. The molecule has 6 heteroatoms. The number of hydrogen-bond donors (Lipinski definition) is 2. The predicted octanol–water partition coefficient (Wildman–Crippen LogP) is 1.28. The van der Waals surface area contributed by atoms with Crippen LogP contribution in [0.1, 0.15) is 30.1 Å². The molecular weight excluding hydrogens is 318 g/mol. The lowest BCUT2D eigenvalue weighted by molar-refractivity contribution is -0.121. The standard InChI is InChI=1S/C19H29N3O3/c1-15(21-19(24)17-6-4-3-5-7-17)12-18(23)20-13-16-8-9-22(14-16)10-11-25-2/h3-7,15-16H,8-14H2,1-2H3,(H,20,23)(H,21,24)/t15-,16+/m1/s1. The van der Waals surface area contributed by atoms with Gasteiger partial charge in [-0.1, -0.05) is 18.2 Å². The fraction of sp³-hybridized carbons (Fsp3) is 0.579. The number of nitrogens with zero attached hydrogens (tertiary/aromatic N) is 1. The van der Waals surface area contributed by atoms with E-state index in [2.05, 4.69) is 15.5 Å². The number of amides is 2. The number of carbonyl (C=O) groups excluding carboxylic acids is 2. The number of carbonyl (C=O) groups is 2. The van der Waals surface area contributed by atoms with Crippen molar-refractivity contribution in [3.05, 3.63) is 35.9 Å². The van der Waals surface area contributed by atoms with Gasteiger partial charge in [0.1, 0.15) is 0 Å². The van der Waals surface area contributed by atoms with Crippen LogP contribution in [0.25, 0.3) is 0 Å². The molecule has 2 amide bonds. The van der Waals surface area contributed by atoms with E-state index < -0.39 is 0 Å². The highest BCUT2D eigenvalue weighted by Gasteiger charge is 2.22. The third-order valence-electron chi connectivity index (χ3n) is 4.47. The van der Waals surface area contributed by atoms with Crippen molar-refractivity contribution in [3.8, 4) is 0 Å². The van der Waals surface area contributed by atoms with Crippen molar-refractivity contribution in [3.63, 3.8) is 0 Å². The summed E-state index contributed by atoms with van der Waals surface area (Å²) >= 11 is 0. The Morgan fingerprint density at radius 2 is 2.08 bits per heavy atom. The van der Waals surface area contributed by atoms with Crippen molar-refractivity contribution in [2.45, 2.75) is 25.8 Å².